The van der Waals surface area contributed by atoms with Crippen LogP contribution >= 0.6 is 0 Å². The molecule has 2 atom stereocenters. The second kappa shape index (κ2) is 5.32. The van der Waals surface area contributed by atoms with Gasteiger partial charge >= 0.3 is 5.97 Å². The van der Waals surface area contributed by atoms with Crippen LogP contribution < -0.4 is 5.32 Å². The summed E-state index contributed by atoms with van der Waals surface area (Å²) in [5, 5.41) is 3.16. The quantitative estimate of drug-likeness (QED) is 0.676. The van der Waals surface area contributed by atoms with Gasteiger partial charge in [-0.25, -0.2) is 0 Å². The van der Waals surface area contributed by atoms with Gasteiger partial charge in [-0.3, -0.25) is 10.1 Å². The van der Waals surface area contributed by atoms with Gasteiger partial charge in [-0.05, 0) is 27.7 Å². The van der Waals surface area contributed by atoms with Crippen molar-refractivity contribution in [2.45, 2.75) is 45.4 Å². The van der Waals surface area contributed by atoms with E-state index in [0.29, 0.717) is 0 Å². The summed E-state index contributed by atoms with van der Waals surface area (Å²) in [6.07, 6.45) is 0.0546. The molecule has 14 heavy (non-hydrogen) atoms. The number of carbonyl (C=O) groups is 1. The minimum atomic E-state index is -0.680. The summed E-state index contributed by atoms with van der Waals surface area (Å²) < 4.78 is 9.84. The van der Waals surface area contributed by atoms with Crippen molar-refractivity contribution in [3.05, 3.63) is 0 Å². The number of esters is 1. The molecule has 2 unspecified atom stereocenters. The number of hydrogen-bond acceptors (Lipinski definition) is 4. The van der Waals surface area contributed by atoms with Crippen LogP contribution in [0.4, 0.5) is 0 Å². The fraction of sp³-hybridized carbons (Fsp3) is 0.900. The zero-order valence-corrected chi connectivity index (χ0v) is 9.88. The van der Waals surface area contributed by atoms with Crippen LogP contribution in [-0.4, -0.2) is 37.9 Å². The summed E-state index contributed by atoms with van der Waals surface area (Å²) in [7, 11) is 3.03. The van der Waals surface area contributed by atoms with E-state index in [1.165, 1.54) is 7.11 Å². The summed E-state index contributed by atoms with van der Waals surface area (Å²) in [5.74, 6) is -0.271. The van der Waals surface area contributed by atoms with E-state index < -0.39 is 5.54 Å². The van der Waals surface area contributed by atoms with Crippen molar-refractivity contribution in [3.63, 3.8) is 0 Å². The smallest absolute Gasteiger partial charge is 0.325 e. The third-order valence-corrected chi connectivity index (χ3v) is 2.36. The highest BCUT2D eigenvalue weighted by atomic mass is 16.5. The Morgan fingerprint density at radius 3 is 2.14 bits per heavy atom. The van der Waals surface area contributed by atoms with Crippen LogP contribution in [0.3, 0.4) is 0 Å². The summed E-state index contributed by atoms with van der Waals surface area (Å²) >= 11 is 0. The number of carbonyl (C=O) groups excluding carboxylic acids is 1. The van der Waals surface area contributed by atoms with Crippen molar-refractivity contribution in [3.8, 4) is 0 Å². The lowest BCUT2D eigenvalue weighted by Crippen LogP contribution is -2.54. The van der Waals surface area contributed by atoms with Crippen molar-refractivity contribution in [2.75, 3.05) is 14.2 Å². The van der Waals surface area contributed by atoms with E-state index in [0.717, 1.165) is 0 Å². The third-order valence-electron chi connectivity index (χ3n) is 2.36. The van der Waals surface area contributed by atoms with E-state index in [2.05, 4.69) is 10.1 Å². The Labute approximate surface area is 86.0 Å². The largest absolute Gasteiger partial charge is 0.468 e. The van der Waals surface area contributed by atoms with Crippen LogP contribution in [0.25, 0.3) is 0 Å². The summed E-state index contributed by atoms with van der Waals surface area (Å²) in [6.45, 7) is 7.50. The van der Waals surface area contributed by atoms with Crippen molar-refractivity contribution >= 4 is 5.97 Å². The molecule has 0 fully saturated rings. The molecule has 0 amide bonds. The first-order valence-corrected chi connectivity index (χ1v) is 4.74. The molecule has 0 aromatic carbocycles. The molecule has 4 heteroatoms. The van der Waals surface area contributed by atoms with E-state index in [1.54, 1.807) is 21.0 Å². The monoisotopic (exact) mass is 203 g/mol. The Balaban J connectivity index is 4.28. The Bertz CT molecular complexity index is 192. The Hall–Kier alpha value is -0.610. The Morgan fingerprint density at radius 1 is 1.29 bits per heavy atom. The maximum atomic E-state index is 11.4. The van der Waals surface area contributed by atoms with Crippen LogP contribution in [0.5, 0.6) is 0 Å². The molecular formula is C10H21NO3. The van der Waals surface area contributed by atoms with E-state index in [-0.39, 0.29) is 18.1 Å². The van der Waals surface area contributed by atoms with Gasteiger partial charge in [-0.1, -0.05) is 0 Å². The first-order valence-electron chi connectivity index (χ1n) is 4.74. The lowest BCUT2D eigenvalue weighted by Gasteiger charge is -2.30. The molecule has 0 bridgehead atoms. The molecular weight excluding hydrogens is 182 g/mol. The van der Waals surface area contributed by atoms with Crippen molar-refractivity contribution in [1.82, 2.24) is 5.32 Å². The molecule has 0 aromatic heterocycles. The SMILES string of the molecule is COC(=O)C(C)(C)NC(C)C(C)OC. The van der Waals surface area contributed by atoms with Gasteiger partial charge in [0.1, 0.15) is 5.54 Å². The summed E-state index contributed by atoms with van der Waals surface area (Å²) in [6, 6.07) is 0.0918. The van der Waals surface area contributed by atoms with Gasteiger partial charge in [0.15, 0.2) is 0 Å². The molecule has 0 radical (unpaired) electrons. The number of hydrogen-bond donors (Lipinski definition) is 1. The topological polar surface area (TPSA) is 47.6 Å². The van der Waals surface area contributed by atoms with E-state index in [9.17, 15) is 4.79 Å². The van der Waals surface area contributed by atoms with Crippen LogP contribution in [-0.2, 0) is 14.3 Å². The van der Waals surface area contributed by atoms with Gasteiger partial charge in [0.25, 0.3) is 0 Å². The third kappa shape index (κ3) is 3.64. The van der Waals surface area contributed by atoms with Gasteiger partial charge in [-0.15, -0.1) is 0 Å². The fourth-order valence-corrected chi connectivity index (χ4v) is 1.20. The molecule has 0 saturated heterocycles. The summed E-state index contributed by atoms with van der Waals surface area (Å²) in [4.78, 5) is 11.4. The zero-order chi connectivity index (χ0) is 11.4. The minimum absolute atomic E-state index is 0.0546. The molecule has 84 valence electrons. The average Bonchev–Trinajstić information content (AvgIpc) is 2.14. The Kier molecular flexibility index (Phi) is 5.08. The average molecular weight is 203 g/mol. The van der Waals surface area contributed by atoms with Crippen LogP contribution in [0.1, 0.15) is 27.7 Å². The van der Waals surface area contributed by atoms with Crippen LogP contribution in [0.2, 0.25) is 0 Å². The highest BCUT2D eigenvalue weighted by Crippen LogP contribution is 2.08. The van der Waals surface area contributed by atoms with E-state index in [1.807, 2.05) is 13.8 Å². The highest BCUT2D eigenvalue weighted by Gasteiger charge is 2.31. The van der Waals surface area contributed by atoms with Gasteiger partial charge in [0.2, 0.25) is 0 Å². The van der Waals surface area contributed by atoms with Crippen molar-refractivity contribution in [2.24, 2.45) is 0 Å². The molecule has 0 aliphatic heterocycles. The predicted molar refractivity (Wildman–Crippen MR) is 55.2 cm³/mol. The van der Waals surface area contributed by atoms with Gasteiger partial charge in [-0.2, -0.15) is 0 Å². The summed E-state index contributed by atoms with van der Waals surface area (Å²) in [5.41, 5.74) is -0.680. The van der Waals surface area contributed by atoms with Gasteiger partial charge in [0, 0.05) is 13.2 Å². The molecule has 0 aromatic rings. The standard InChI is InChI=1S/C10H21NO3/c1-7(8(2)13-5)11-10(3,4)9(12)14-6/h7-8,11H,1-6H3. The minimum Gasteiger partial charge on any atom is -0.468 e. The molecule has 1 N–H and O–H groups in total. The number of rotatable bonds is 5. The first kappa shape index (κ1) is 13.4. The van der Waals surface area contributed by atoms with Crippen LogP contribution in [0, 0.1) is 0 Å². The number of ether oxygens (including phenoxy) is 2. The predicted octanol–water partition coefficient (Wildman–Crippen LogP) is 0.951. The maximum absolute atomic E-state index is 11.4. The van der Waals surface area contributed by atoms with Gasteiger partial charge in [0.05, 0.1) is 13.2 Å². The van der Waals surface area contributed by atoms with Crippen molar-refractivity contribution < 1.29 is 14.3 Å². The van der Waals surface area contributed by atoms with E-state index >= 15 is 0 Å². The van der Waals surface area contributed by atoms with Gasteiger partial charge < -0.3 is 9.47 Å². The second-order valence-electron chi connectivity index (χ2n) is 3.99. The Morgan fingerprint density at radius 2 is 1.79 bits per heavy atom. The van der Waals surface area contributed by atoms with Crippen LogP contribution in [0.15, 0.2) is 0 Å². The maximum Gasteiger partial charge on any atom is 0.325 e. The lowest BCUT2D eigenvalue weighted by molar-refractivity contribution is -0.147. The first-order chi connectivity index (χ1) is 6.35. The van der Waals surface area contributed by atoms with E-state index in [4.69, 9.17) is 4.74 Å². The number of methoxy groups -OCH3 is 2. The molecule has 0 heterocycles. The normalized spacial score (nSPS) is 16.1. The molecule has 0 rings (SSSR count). The molecule has 4 nitrogen and oxygen atoms in total. The van der Waals surface area contributed by atoms with Crippen molar-refractivity contribution in [1.29, 1.82) is 0 Å². The molecule has 0 aliphatic carbocycles. The fourth-order valence-electron chi connectivity index (χ4n) is 1.20. The highest BCUT2D eigenvalue weighted by molar-refractivity contribution is 5.79. The second-order valence-corrected chi connectivity index (χ2v) is 3.99. The molecule has 0 spiro atoms. The number of nitrogens with one attached hydrogen (secondary N) is 1. The molecule has 0 saturated carbocycles. The lowest BCUT2D eigenvalue weighted by atomic mass is 10.0. The zero-order valence-electron chi connectivity index (χ0n) is 9.88. The molecule has 0 aliphatic rings.